The van der Waals surface area contributed by atoms with Crippen LogP contribution in [0.15, 0.2) is 78.9 Å². The minimum absolute atomic E-state index is 0.0791. The molecular weight excluding hydrogens is 410 g/mol. The van der Waals surface area contributed by atoms with Gasteiger partial charge in [-0.05, 0) is 51.4 Å². The van der Waals surface area contributed by atoms with Gasteiger partial charge < -0.3 is 5.32 Å². The van der Waals surface area contributed by atoms with Crippen LogP contribution < -0.4 is 16.2 Å². The van der Waals surface area contributed by atoms with Crippen molar-refractivity contribution in [3.05, 3.63) is 89.4 Å². The molecule has 0 aromatic heterocycles. The van der Waals surface area contributed by atoms with Crippen molar-refractivity contribution in [3.8, 4) is 0 Å². The second kappa shape index (κ2) is 9.60. The fourth-order valence-corrected chi connectivity index (χ4v) is 3.80. The highest BCUT2D eigenvalue weighted by molar-refractivity contribution is 6.30. The van der Waals surface area contributed by atoms with Crippen LogP contribution in [0.3, 0.4) is 0 Å². The Labute approximate surface area is 185 Å². The van der Waals surface area contributed by atoms with Crippen molar-refractivity contribution in [1.29, 1.82) is 0 Å². The molecule has 0 atom stereocenters. The summed E-state index contributed by atoms with van der Waals surface area (Å²) in [7, 11) is 0. The van der Waals surface area contributed by atoms with E-state index in [1.165, 1.54) is 0 Å². The van der Waals surface area contributed by atoms with Crippen molar-refractivity contribution in [2.45, 2.75) is 19.4 Å². The first-order valence-corrected chi connectivity index (χ1v) is 10.4. The molecule has 4 rings (SSSR count). The molecule has 0 heterocycles. The fourth-order valence-electron chi connectivity index (χ4n) is 3.61. The van der Waals surface area contributed by atoms with E-state index in [2.05, 4.69) is 46.5 Å². The summed E-state index contributed by atoms with van der Waals surface area (Å²) < 4.78 is 0. The molecule has 2 amide bonds. The molecule has 5 nitrogen and oxygen atoms in total. The maximum Gasteiger partial charge on any atom is 0.234 e. The summed E-state index contributed by atoms with van der Waals surface area (Å²) in [6.07, 6.45) is 0.160. The zero-order valence-electron chi connectivity index (χ0n) is 16.8. The van der Waals surface area contributed by atoms with Crippen molar-refractivity contribution in [2.24, 2.45) is 0 Å². The smallest absolute Gasteiger partial charge is 0.234 e. The van der Waals surface area contributed by atoms with E-state index in [1.807, 2.05) is 24.3 Å². The largest absolute Gasteiger partial charge is 0.326 e. The van der Waals surface area contributed by atoms with Crippen molar-refractivity contribution >= 4 is 50.6 Å². The van der Waals surface area contributed by atoms with Crippen molar-refractivity contribution in [1.82, 2.24) is 10.9 Å². The van der Waals surface area contributed by atoms with Gasteiger partial charge in [0, 0.05) is 30.1 Å². The van der Waals surface area contributed by atoms with Gasteiger partial charge in [-0.15, -0.1) is 0 Å². The van der Waals surface area contributed by atoms with Gasteiger partial charge in [0.1, 0.15) is 0 Å². The Morgan fingerprint density at radius 2 is 1.39 bits per heavy atom. The third kappa shape index (κ3) is 5.20. The molecule has 4 aromatic carbocycles. The number of halogens is 1. The predicted octanol–water partition coefficient (Wildman–Crippen LogP) is 5.19. The summed E-state index contributed by atoms with van der Waals surface area (Å²) in [6, 6.07) is 25.5. The van der Waals surface area contributed by atoms with E-state index in [0.717, 1.165) is 27.1 Å². The third-order valence-electron chi connectivity index (χ3n) is 5.06. The molecule has 0 saturated carbocycles. The maximum atomic E-state index is 12.2. The summed E-state index contributed by atoms with van der Waals surface area (Å²) in [5, 5.41) is 7.87. The number of hydrogen-bond donors (Lipinski definition) is 3. The standard InChI is InChI=1S/C25H22ClN3O2/c26-19-8-5-9-20(15-19)28-24(30)12-13-25(31)29-27-16-23-21-10-3-1-6-17(21)14-18-7-2-4-11-22(18)23/h1-11,14-15,27H,12-13,16H2,(H,28,30)(H,29,31). The van der Waals surface area contributed by atoms with Gasteiger partial charge >= 0.3 is 0 Å². The van der Waals surface area contributed by atoms with Crippen molar-refractivity contribution < 1.29 is 9.59 Å². The molecule has 0 unspecified atom stereocenters. The van der Waals surface area contributed by atoms with Gasteiger partial charge in [-0.1, -0.05) is 66.2 Å². The Balaban J connectivity index is 1.34. The summed E-state index contributed by atoms with van der Waals surface area (Å²) >= 11 is 5.91. The number of fused-ring (bicyclic) bond motifs is 2. The van der Waals surface area contributed by atoms with Crippen LogP contribution in [0.2, 0.25) is 5.02 Å². The van der Waals surface area contributed by atoms with Crippen LogP contribution in [0.1, 0.15) is 18.4 Å². The SMILES string of the molecule is O=C(CCC(=O)Nc1cccc(Cl)c1)NNCc1c2ccccc2cc2ccccc12. The minimum Gasteiger partial charge on any atom is -0.326 e. The highest BCUT2D eigenvalue weighted by atomic mass is 35.5. The summed E-state index contributed by atoms with van der Waals surface area (Å²) in [5.41, 5.74) is 7.45. The fraction of sp³-hybridized carbons (Fsp3) is 0.120. The molecule has 6 heteroatoms. The first-order valence-electron chi connectivity index (χ1n) is 10.1. The van der Waals surface area contributed by atoms with Gasteiger partial charge in [0.25, 0.3) is 0 Å². The van der Waals surface area contributed by atoms with Crippen LogP contribution in [-0.4, -0.2) is 11.8 Å². The monoisotopic (exact) mass is 431 g/mol. The first kappa shape index (κ1) is 20.8. The molecule has 31 heavy (non-hydrogen) atoms. The lowest BCUT2D eigenvalue weighted by atomic mass is 9.97. The lowest BCUT2D eigenvalue weighted by Crippen LogP contribution is -2.37. The molecule has 0 bridgehead atoms. The summed E-state index contributed by atoms with van der Waals surface area (Å²) in [6.45, 7) is 0.475. The number of carbonyl (C=O) groups is 2. The Kier molecular flexibility index (Phi) is 6.46. The second-order valence-electron chi connectivity index (χ2n) is 7.26. The molecule has 4 aromatic rings. The summed E-state index contributed by atoms with van der Waals surface area (Å²) in [5.74, 6) is -0.483. The second-order valence-corrected chi connectivity index (χ2v) is 7.69. The molecule has 0 radical (unpaired) electrons. The Morgan fingerprint density at radius 3 is 2.06 bits per heavy atom. The summed E-state index contributed by atoms with van der Waals surface area (Å²) in [4.78, 5) is 24.3. The van der Waals surface area contributed by atoms with Crippen LogP contribution in [0.5, 0.6) is 0 Å². The minimum atomic E-state index is -0.245. The number of rotatable bonds is 7. The van der Waals surface area contributed by atoms with Gasteiger partial charge in [0.2, 0.25) is 11.8 Å². The molecular formula is C25H22ClN3O2. The van der Waals surface area contributed by atoms with E-state index in [4.69, 9.17) is 11.6 Å². The zero-order valence-corrected chi connectivity index (χ0v) is 17.6. The molecule has 0 aliphatic heterocycles. The van der Waals surface area contributed by atoms with Crippen LogP contribution in [0.4, 0.5) is 5.69 Å². The number of benzene rings is 4. The van der Waals surface area contributed by atoms with E-state index in [-0.39, 0.29) is 24.7 Å². The van der Waals surface area contributed by atoms with E-state index in [9.17, 15) is 9.59 Å². The van der Waals surface area contributed by atoms with Crippen LogP contribution >= 0.6 is 11.6 Å². The van der Waals surface area contributed by atoms with Crippen molar-refractivity contribution in [3.63, 3.8) is 0 Å². The quantitative estimate of drug-likeness (QED) is 0.278. The number of hydrogen-bond acceptors (Lipinski definition) is 3. The molecule has 0 fully saturated rings. The molecule has 0 saturated heterocycles. The Bertz CT molecular complexity index is 1200. The molecule has 0 aliphatic rings. The van der Waals surface area contributed by atoms with Gasteiger partial charge in [-0.2, -0.15) is 0 Å². The average Bonchev–Trinajstić information content (AvgIpc) is 2.77. The number of nitrogens with one attached hydrogen (secondary N) is 3. The van der Waals surface area contributed by atoms with Crippen molar-refractivity contribution in [2.75, 3.05) is 5.32 Å². The number of hydrazine groups is 1. The van der Waals surface area contributed by atoms with E-state index in [0.29, 0.717) is 17.3 Å². The molecule has 3 N–H and O–H groups in total. The maximum absolute atomic E-state index is 12.2. The van der Waals surface area contributed by atoms with Gasteiger partial charge in [-0.3, -0.25) is 15.0 Å². The van der Waals surface area contributed by atoms with E-state index in [1.54, 1.807) is 24.3 Å². The lowest BCUT2D eigenvalue weighted by Gasteiger charge is -2.13. The van der Waals surface area contributed by atoms with Crippen LogP contribution in [0.25, 0.3) is 21.5 Å². The molecule has 156 valence electrons. The third-order valence-corrected chi connectivity index (χ3v) is 5.30. The van der Waals surface area contributed by atoms with E-state index < -0.39 is 0 Å². The van der Waals surface area contributed by atoms with Crippen LogP contribution in [0, 0.1) is 0 Å². The van der Waals surface area contributed by atoms with Gasteiger partial charge in [0.15, 0.2) is 0 Å². The van der Waals surface area contributed by atoms with Gasteiger partial charge in [-0.25, -0.2) is 5.43 Å². The Hall–Kier alpha value is -3.41. The topological polar surface area (TPSA) is 70.2 Å². The number of amides is 2. The molecule has 0 aliphatic carbocycles. The highest BCUT2D eigenvalue weighted by Gasteiger charge is 2.10. The van der Waals surface area contributed by atoms with E-state index >= 15 is 0 Å². The lowest BCUT2D eigenvalue weighted by molar-refractivity contribution is -0.125. The van der Waals surface area contributed by atoms with Gasteiger partial charge in [0.05, 0.1) is 0 Å². The first-order chi connectivity index (χ1) is 15.1. The Morgan fingerprint density at radius 1 is 0.742 bits per heavy atom. The highest BCUT2D eigenvalue weighted by Crippen LogP contribution is 2.28. The molecule has 0 spiro atoms. The number of anilines is 1. The average molecular weight is 432 g/mol. The number of carbonyl (C=O) groups excluding carboxylic acids is 2. The van der Waals surface area contributed by atoms with Crippen LogP contribution in [-0.2, 0) is 16.1 Å². The zero-order chi connectivity index (χ0) is 21.6. The normalized spacial score (nSPS) is 10.9. The predicted molar refractivity (Wildman–Crippen MR) is 126 cm³/mol.